The maximum absolute atomic E-state index is 12.2. The number of amides is 2. The number of carbonyl (C=O) groups is 2. The van der Waals surface area contributed by atoms with Crippen molar-refractivity contribution in [2.75, 3.05) is 5.75 Å². The van der Waals surface area contributed by atoms with Gasteiger partial charge in [0.05, 0.1) is 23.8 Å². The second-order valence-electron chi connectivity index (χ2n) is 10.8. The summed E-state index contributed by atoms with van der Waals surface area (Å²) in [6.07, 6.45) is 2.29. The monoisotopic (exact) mass is 627 g/mol. The van der Waals surface area contributed by atoms with Crippen LogP contribution in [0.3, 0.4) is 0 Å². The van der Waals surface area contributed by atoms with Crippen molar-refractivity contribution in [1.82, 2.24) is 15.8 Å². The fourth-order valence-corrected chi connectivity index (χ4v) is 6.00. The van der Waals surface area contributed by atoms with E-state index in [1.165, 1.54) is 0 Å². The third-order valence-electron chi connectivity index (χ3n) is 7.51. The number of nitrogens with zero attached hydrogens (tertiary/aromatic N) is 1. The molecule has 2 amide bonds. The number of pyridine rings is 1. The molecule has 0 aliphatic carbocycles. The lowest BCUT2D eigenvalue weighted by atomic mass is 9.99. The second-order valence-corrected chi connectivity index (χ2v) is 11.9. The average molecular weight is 628 g/mol. The summed E-state index contributed by atoms with van der Waals surface area (Å²) in [5.74, 6) is 0.0633. The predicted octanol–water partition coefficient (Wildman–Crippen LogP) is 5.87. The number of aliphatic hydroxyl groups excluding tert-OH is 1. The van der Waals surface area contributed by atoms with Crippen molar-refractivity contribution in [3.05, 3.63) is 119 Å². The Morgan fingerprint density at radius 3 is 2.38 bits per heavy atom. The molecule has 4 aromatic rings. The van der Waals surface area contributed by atoms with E-state index in [2.05, 4.69) is 16.4 Å². The molecule has 9 nitrogen and oxygen atoms in total. The zero-order chi connectivity index (χ0) is 31.4. The van der Waals surface area contributed by atoms with E-state index < -0.39 is 12.2 Å². The van der Waals surface area contributed by atoms with Crippen LogP contribution in [0.4, 0.5) is 0 Å². The summed E-state index contributed by atoms with van der Waals surface area (Å²) < 4.78 is 13.1. The summed E-state index contributed by atoms with van der Waals surface area (Å²) >= 11 is 1.66. The minimum Gasteiger partial charge on any atom is -0.392 e. The summed E-state index contributed by atoms with van der Waals surface area (Å²) in [6.45, 7) is 0.354. The summed E-state index contributed by atoms with van der Waals surface area (Å²) in [5.41, 5.74) is 7.31. The lowest BCUT2D eigenvalue weighted by Gasteiger charge is -2.36. The van der Waals surface area contributed by atoms with Gasteiger partial charge in [-0.3, -0.25) is 14.8 Å². The van der Waals surface area contributed by atoms with Crippen molar-refractivity contribution in [1.29, 1.82) is 0 Å². The van der Waals surface area contributed by atoms with Crippen LogP contribution in [0.2, 0.25) is 0 Å². The van der Waals surface area contributed by atoms with Crippen LogP contribution in [-0.2, 0) is 32.2 Å². The Balaban J connectivity index is 1.28. The highest BCUT2D eigenvalue weighted by molar-refractivity contribution is 7.99. The molecule has 5 rings (SSSR count). The van der Waals surface area contributed by atoms with Gasteiger partial charge in [0.2, 0.25) is 11.8 Å². The molecule has 3 atom stereocenters. The number of thioether (sulfide) groups is 1. The van der Waals surface area contributed by atoms with E-state index in [1.807, 2.05) is 84.9 Å². The largest absolute Gasteiger partial charge is 0.392 e. The number of rotatable bonds is 13. The van der Waals surface area contributed by atoms with Gasteiger partial charge in [0.25, 0.3) is 0 Å². The minimum absolute atomic E-state index is 0.00719. The molecule has 10 heteroatoms. The molecule has 1 aromatic heterocycles. The number of nitrogens with one attached hydrogen (secondary N) is 2. The van der Waals surface area contributed by atoms with Gasteiger partial charge in [-0.25, -0.2) is 10.5 Å². The average Bonchev–Trinajstić information content (AvgIpc) is 3.10. The highest BCUT2D eigenvalue weighted by Crippen LogP contribution is 2.40. The standard InChI is InChI=1S/C35H37N3O6S/c39-22-24-13-15-26(16-14-24)31-20-30(23-45-34-12-1-2-17-36-34)43-35(44-31)29-9-4-8-28(19-29)27-7-3-6-25(18-27)21-37-32(40)10-5-11-33(41)38-42/h1-4,6-9,12-19,30-31,35,39,42H,5,10-11,20-23H2,(H,37,40)(H,38,41)/t30-,31+,35+/m0/s1. The molecule has 1 aliphatic heterocycles. The molecule has 0 saturated carbocycles. The quantitative estimate of drug-likeness (QED) is 0.0823. The Morgan fingerprint density at radius 2 is 1.62 bits per heavy atom. The third-order valence-corrected chi connectivity index (χ3v) is 8.59. The van der Waals surface area contributed by atoms with E-state index in [0.29, 0.717) is 19.4 Å². The maximum Gasteiger partial charge on any atom is 0.243 e. The van der Waals surface area contributed by atoms with Gasteiger partial charge in [0.15, 0.2) is 6.29 Å². The topological polar surface area (TPSA) is 130 Å². The third kappa shape index (κ3) is 9.46. The van der Waals surface area contributed by atoms with Crippen LogP contribution in [0.1, 0.15) is 60.3 Å². The minimum atomic E-state index is -0.578. The lowest BCUT2D eigenvalue weighted by Crippen LogP contribution is -2.31. The summed E-state index contributed by atoms with van der Waals surface area (Å²) in [4.78, 5) is 27.8. The lowest BCUT2D eigenvalue weighted by molar-refractivity contribution is -0.245. The van der Waals surface area contributed by atoms with Crippen LogP contribution in [0.15, 0.2) is 102 Å². The highest BCUT2D eigenvalue weighted by atomic mass is 32.2. The SMILES string of the molecule is O=C(CCCC(=O)NCc1cccc(-c2cccc([C@@H]3O[C@H](CSc4ccccn4)C[C@H](c4ccc(CO)cc4)O3)c2)c1)NO. The number of hydroxylamine groups is 1. The number of aromatic nitrogens is 1. The summed E-state index contributed by atoms with van der Waals surface area (Å²) in [6, 6.07) is 29.8. The molecule has 0 bridgehead atoms. The zero-order valence-electron chi connectivity index (χ0n) is 24.8. The Kier molecular flexibility index (Phi) is 11.7. The van der Waals surface area contributed by atoms with Gasteiger partial charge < -0.3 is 19.9 Å². The van der Waals surface area contributed by atoms with Crippen molar-refractivity contribution in [2.45, 2.75) is 62.4 Å². The first-order chi connectivity index (χ1) is 22.0. The van der Waals surface area contributed by atoms with Crippen molar-refractivity contribution in [3.63, 3.8) is 0 Å². The molecular formula is C35H37N3O6S. The van der Waals surface area contributed by atoms with Gasteiger partial charge >= 0.3 is 0 Å². The van der Waals surface area contributed by atoms with E-state index >= 15 is 0 Å². The number of benzene rings is 3. The molecule has 0 radical (unpaired) electrons. The first-order valence-corrected chi connectivity index (χ1v) is 15.9. The van der Waals surface area contributed by atoms with E-state index in [1.54, 1.807) is 23.4 Å². The van der Waals surface area contributed by atoms with Crippen LogP contribution < -0.4 is 10.8 Å². The molecule has 3 aromatic carbocycles. The smallest absolute Gasteiger partial charge is 0.243 e. The molecule has 0 spiro atoms. The van der Waals surface area contributed by atoms with Gasteiger partial charge in [-0.1, -0.05) is 66.7 Å². The number of hydrogen-bond donors (Lipinski definition) is 4. The first-order valence-electron chi connectivity index (χ1n) is 14.9. The Hall–Kier alpha value is -4.06. The van der Waals surface area contributed by atoms with Crippen molar-refractivity contribution in [3.8, 4) is 11.1 Å². The van der Waals surface area contributed by atoms with Crippen molar-refractivity contribution >= 4 is 23.6 Å². The van der Waals surface area contributed by atoms with Crippen molar-refractivity contribution in [2.24, 2.45) is 0 Å². The molecule has 1 saturated heterocycles. The molecule has 4 N–H and O–H groups in total. The highest BCUT2D eigenvalue weighted by Gasteiger charge is 2.32. The van der Waals surface area contributed by atoms with Crippen LogP contribution >= 0.6 is 11.8 Å². The summed E-state index contributed by atoms with van der Waals surface area (Å²) in [7, 11) is 0. The number of ether oxygens (including phenoxy) is 2. The van der Waals surface area contributed by atoms with Crippen LogP contribution in [-0.4, -0.2) is 39.0 Å². The Labute approximate surface area is 267 Å². The van der Waals surface area contributed by atoms with Gasteiger partial charge in [0, 0.05) is 43.3 Å². The van der Waals surface area contributed by atoms with E-state index in [4.69, 9.17) is 14.7 Å². The fraction of sp³-hybridized carbons (Fsp3) is 0.286. The van der Waals surface area contributed by atoms with Crippen LogP contribution in [0, 0.1) is 0 Å². The number of aliphatic hydroxyl groups is 1. The van der Waals surface area contributed by atoms with Crippen molar-refractivity contribution < 1.29 is 29.4 Å². The van der Waals surface area contributed by atoms with Gasteiger partial charge in [0.1, 0.15) is 0 Å². The maximum atomic E-state index is 12.2. The molecule has 234 valence electrons. The van der Waals surface area contributed by atoms with E-state index in [-0.39, 0.29) is 37.6 Å². The number of hydrogen-bond acceptors (Lipinski definition) is 8. The van der Waals surface area contributed by atoms with Crippen LogP contribution in [0.5, 0.6) is 0 Å². The normalized spacial score (nSPS) is 17.9. The van der Waals surface area contributed by atoms with Crippen LogP contribution in [0.25, 0.3) is 11.1 Å². The molecule has 1 fully saturated rings. The molecule has 0 unspecified atom stereocenters. The first kappa shape index (κ1) is 32.3. The predicted molar refractivity (Wildman–Crippen MR) is 171 cm³/mol. The Bertz CT molecular complexity index is 1550. The number of carbonyl (C=O) groups excluding carboxylic acids is 2. The molecular weight excluding hydrogens is 590 g/mol. The van der Waals surface area contributed by atoms with E-state index in [9.17, 15) is 14.7 Å². The summed E-state index contributed by atoms with van der Waals surface area (Å²) in [5, 5.41) is 21.9. The second kappa shape index (κ2) is 16.3. The van der Waals surface area contributed by atoms with Gasteiger partial charge in [-0.15, -0.1) is 11.8 Å². The van der Waals surface area contributed by atoms with E-state index in [0.717, 1.165) is 44.2 Å². The molecule has 1 aliphatic rings. The van der Waals surface area contributed by atoms with Gasteiger partial charge in [-0.2, -0.15) is 0 Å². The molecule has 2 heterocycles. The molecule has 45 heavy (non-hydrogen) atoms. The van der Waals surface area contributed by atoms with Gasteiger partial charge in [-0.05, 0) is 58.5 Å². The Morgan fingerprint density at radius 1 is 0.844 bits per heavy atom. The fourth-order valence-electron chi connectivity index (χ4n) is 5.11. The zero-order valence-corrected chi connectivity index (χ0v) is 25.6.